The van der Waals surface area contributed by atoms with Crippen LogP contribution in [0.5, 0.6) is 0 Å². The van der Waals surface area contributed by atoms with E-state index in [0.29, 0.717) is 35.0 Å². The lowest BCUT2D eigenvalue weighted by molar-refractivity contribution is -0.173. The first-order chi connectivity index (χ1) is 22.9. The molecule has 5 aromatic rings. The number of amides is 2. The number of fused-ring (bicyclic) bond motifs is 3. The molecule has 0 bridgehead atoms. The van der Waals surface area contributed by atoms with Gasteiger partial charge in [0, 0.05) is 12.6 Å². The zero-order chi connectivity index (χ0) is 34.6. The Bertz CT molecular complexity index is 2060. The summed E-state index contributed by atoms with van der Waals surface area (Å²) in [7, 11) is 0. The number of benzene rings is 2. The molecule has 3 heterocycles. The van der Waals surface area contributed by atoms with Gasteiger partial charge in [0.1, 0.15) is 29.7 Å². The number of ether oxygens (including phenoxy) is 1. The predicted molar refractivity (Wildman–Crippen MR) is 170 cm³/mol. The molecule has 256 valence electrons. The number of hydrogen-bond donors (Lipinski definition) is 3. The highest BCUT2D eigenvalue weighted by Crippen LogP contribution is 2.35. The van der Waals surface area contributed by atoms with Crippen LogP contribution < -0.4 is 10.6 Å². The molecular weight excluding hydrogens is 669 g/mol. The summed E-state index contributed by atoms with van der Waals surface area (Å²) >= 11 is 1.02. The third-order valence-electron chi connectivity index (χ3n) is 7.28. The van der Waals surface area contributed by atoms with Crippen LogP contribution in [0.3, 0.4) is 0 Å². The Labute approximate surface area is 280 Å². The zero-order valence-corrected chi connectivity index (χ0v) is 25.8. The molecule has 18 heteroatoms. The number of carbonyl (C=O) groups excluding carboxylic acids is 3. The number of aromatic nitrogens is 6. The summed E-state index contributed by atoms with van der Waals surface area (Å²) < 4.78 is 50.0. The number of aromatic carboxylic acids is 1. The van der Waals surface area contributed by atoms with Crippen molar-refractivity contribution < 1.29 is 42.2 Å². The summed E-state index contributed by atoms with van der Waals surface area (Å²) in [5.41, 5.74) is 4.76. The van der Waals surface area contributed by atoms with E-state index in [1.165, 1.54) is 23.0 Å². The molecule has 3 aromatic heterocycles. The third kappa shape index (κ3) is 8.03. The van der Waals surface area contributed by atoms with Crippen LogP contribution in [0.25, 0.3) is 16.8 Å². The number of nitrogens with zero attached hydrogens (tertiary/aromatic N) is 6. The Morgan fingerprint density at radius 2 is 1.90 bits per heavy atom. The summed E-state index contributed by atoms with van der Waals surface area (Å²) in [5, 5.41) is 17.9. The van der Waals surface area contributed by atoms with E-state index in [9.17, 15) is 37.5 Å². The fraction of sp³-hybridized carbons (Fsp3) is 0.258. The van der Waals surface area contributed by atoms with E-state index in [1.807, 2.05) is 13.0 Å². The number of halogens is 3. The molecule has 0 spiro atoms. The fourth-order valence-corrected chi connectivity index (χ4v) is 5.52. The second kappa shape index (κ2) is 15.0. The van der Waals surface area contributed by atoms with Crippen molar-refractivity contribution in [3.8, 4) is 0 Å². The van der Waals surface area contributed by atoms with Crippen LogP contribution in [0.1, 0.15) is 73.5 Å². The number of carboxylic acid groups (broad SMARTS) is 1. The van der Waals surface area contributed by atoms with Crippen LogP contribution >= 0.6 is 11.7 Å². The standard InChI is InChI=1S/C21H19N5O5.C9H6F3N3OS.CH4/c1-3-8-31-20(30)13-4-5-14-12(11(13)2)6-7-15(14)24-18(27)17-9-16(19(28)29)25-21-22-10-23-26(17)21;10-9(11,12)8(16)13-4-5-1-2-6-7(3-5)15-17-14-6;/h3-5,9-10,15H,1,6-8H2,2H3,(H,24,27)(H,28,29);1-3H,4H2,(H,13,16);1H4/t15-;;/m0../s1. The van der Waals surface area contributed by atoms with Gasteiger partial charge < -0.3 is 20.5 Å². The smallest absolute Gasteiger partial charge is 0.471 e. The Kier molecular flexibility index (Phi) is 11.0. The van der Waals surface area contributed by atoms with E-state index in [0.717, 1.165) is 28.4 Å². The van der Waals surface area contributed by atoms with Gasteiger partial charge in [0.05, 0.1) is 23.3 Å². The first-order valence-corrected chi connectivity index (χ1v) is 14.8. The third-order valence-corrected chi connectivity index (χ3v) is 7.84. The maximum atomic E-state index is 13.0. The van der Waals surface area contributed by atoms with Gasteiger partial charge in [-0.25, -0.2) is 14.6 Å². The van der Waals surface area contributed by atoms with Crippen molar-refractivity contribution in [1.29, 1.82) is 0 Å². The molecule has 0 aliphatic heterocycles. The van der Waals surface area contributed by atoms with Crippen LogP contribution in [-0.4, -0.2) is 70.0 Å². The van der Waals surface area contributed by atoms with Gasteiger partial charge in [0.15, 0.2) is 5.69 Å². The van der Waals surface area contributed by atoms with Crippen LogP contribution in [0.15, 0.2) is 55.4 Å². The van der Waals surface area contributed by atoms with Gasteiger partial charge in [-0.15, -0.1) is 0 Å². The number of carbonyl (C=O) groups is 4. The van der Waals surface area contributed by atoms with E-state index in [2.05, 4.69) is 35.7 Å². The minimum absolute atomic E-state index is 0. The minimum atomic E-state index is -4.85. The number of carboxylic acids is 1. The highest BCUT2D eigenvalue weighted by Gasteiger charge is 2.38. The molecule has 3 N–H and O–H groups in total. The van der Waals surface area contributed by atoms with Crippen molar-refractivity contribution in [1.82, 2.24) is 39.0 Å². The molecule has 6 rings (SSSR count). The predicted octanol–water partition coefficient (Wildman–Crippen LogP) is 4.40. The van der Waals surface area contributed by atoms with E-state index in [-0.39, 0.29) is 43.8 Å². The molecule has 2 amide bonds. The fourth-order valence-electron chi connectivity index (χ4n) is 5.00. The first kappa shape index (κ1) is 36.1. The van der Waals surface area contributed by atoms with E-state index >= 15 is 0 Å². The van der Waals surface area contributed by atoms with Crippen LogP contribution in [0.2, 0.25) is 0 Å². The number of esters is 1. The van der Waals surface area contributed by atoms with Gasteiger partial charge in [-0.2, -0.15) is 36.5 Å². The number of nitrogens with one attached hydrogen (secondary N) is 2. The Morgan fingerprint density at radius 1 is 1.14 bits per heavy atom. The number of rotatable bonds is 8. The van der Waals surface area contributed by atoms with E-state index in [1.54, 1.807) is 29.6 Å². The lowest BCUT2D eigenvalue weighted by atomic mass is 9.98. The lowest BCUT2D eigenvalue weighted by Gasteiger charge is -2.16. The van der Waals surface area contributed by atoms with E-state index in [4.69, 9.17) is 4.74 Å². The molecule has 14 nitrogen and oxygen atoms in total. The van der Waals surface area contributed by atoms with Crippen molar-refractivity contribution in [3.05, 3.63) is 94.6 Å². The molecule has 0 saturated heterocycles. The summed E-state index contributed by atoms with van der Waals surface area (Å²) in [6.07, 6.45) is -0.819. The summed E-state index contributed by atoms with van der Waals surface area (Å²) in [4.78, 5) is 54.9. The van der Waals surface area contributed by atoms with Crippen molar-refractivity contribution in [3.63, 3.8) is 0 Å². The second-order valence-electron chi connectivity index (χ2n) is 10.3. The van der Waals surface area contributed by atoms with Crippen molar-refractivity contribution in [2.45, 2.75) is 46.0 Å². The summed E-state index contributed by atoms with van der Waals surface area (Å²) in [6, 6.07) is 9.21. The Morgan fingerprint density at radius 3 is 2.61 bits per heavy atom. The summed E-state index contributed by atoms with van der Waals surface area (Å²) in [5.74, 6) is -4.11. The van der Waals surface area contributed by atoms with Crippen LogP contribution in [0.4, 0.5) is 13.2 Å². The molecule has 0 fully saturated rings. The van der Waals surface area contributed by atoms with E-state index < -0.39 is 29.9 Å². The largest absolute Gasteiger partial charge is 0.477 e. The van der Waals surface area contributed by atoms with Crippen molar-refractivity contribution >= 4 is 52.3 Å². The van der Waals surface area contributed by atoms with Crippen molar-refractivity contribution in [2.75, 3.05) is 6.61 Å². The molecule has 0 radical (unpaired) electrons. The SMILES string of the molecule is C.C=CCOC(=O)c1ccc2c(c1C)CC[C@@H]2NC(=O)c1cc(C(=O)O)nc2ncnn12.O=C(NCc1ccc2nsnc2c1)C(F)(F)F. The molecular formula is C31H29F3N8O6S. The molecule has 2 aromatic carbocycles. The van der Waals surface area contributed by atoms with Gasteiger partial charge in [0.2, 0.25) is 0 Å². The van der Waals surface area contributed by atoms with Gasteiger partial charge in [-0.05, 0) is 60.2 Å². The molecule has 49 heavy (non-hydrogen) atoms. The molecule has 1 atom stereocenters. The van der Waals surface area contributed by atoms with Gasteiger partial charge in [-0.3, -0.25) is 9.59 Å². The Hall–Kier alpha value is -5.78. The minimum Gasteiger partial charge on any atom is -0.477 e. The van der Waals surface area contributed by atoms with Crippen LogP contribution in [-0.2, 0) is 22.5 Å². The average Bonchev–Trinajstić information content (AvgIpc) is 3.82. The zero-order valence-electron chi connectivity index (χ0n) is 24.9. The first-order valence-electron chi connectivity index (χ1n) is 14.1. The number of alkyl halides is 3. The molecule has 1 aliphatic carbocycles. The molecule has 0 saturated carbocycles. The van der Waals surface area contributed by atoms with Crippen molar-refractivity contribution in [2.24, 2.45) is 0 Å². The van der Waals surface area contributed by atoms with Gasteiger partial charge in [-0.1, -0.05) is 32.2 Å². The molecule has 0 unspecified atom stereocenters. The maximum absolute atomic E-state index is 13.0. The Balaban J connectivity index is 0.000000255. The lowest BCUT2D eigenvalue weighted by Crippen LogP contribution is -2.36. The monoisotopic (exact) mass is 698 g/mol. The molecule has 1 aliphatic rings. The van der Waals surface area contributed by atoms with Gasteiger partial charge >= 0.3 is 24.0 Å². The quantitative estimate of drug-likeness (QED) is 0.154. The topological polar surface area (TPSA) is 191 Å². The summed E-state index contributed by atoms with van der Waals surface area (Å²) in [6.45, 7) is 5.34. The second-order valence-corrected chi connectivity index (χ2v) is 10.9. The van der Waals surface area contributed by atoms with Crippen LogP contribution in [0, 0.1) is 6.92 Å². The normalized spacial score (nSPS) is 13.4. The number of hydrogen-bond acceptors (Lipinski definition) is 11. The van der Waals surface area contributed by atoms with Gasteiger partial charge in [0.25, 0.3) is 11.7 Å². The highest BCUT2D eigenvalue weighted by atomic mass is 32.1. The average molecular weight is 699 g/mol. The maximum Gasteiger partial charge on any atom is 0.471 e. The highest BCUT2D eigenvalue weighted by molar-refractivity contribution is 7.00.